The van der Waals surface area contributed by atoms with E-state index in [4.69, 9.17) is 9.47 Å². The second kappa shape index (κ2) is 8.87. The fourth-order valence-corrected chi connectivity index (χ4v) is 4.86. The van der Waals surface area contributed by atoms with Gasteiger partial charge in [-0.05, 0) is 50.3 Å². The summed E-state index contributed by atoms with van der Waals surface area (Å²) in [5, 5.41) is 3.27. The number of benzene rings is 2. The molecule has 2 heterocycles. The molecule has 2 aliphatic rings. The number of amides is 1. The van der Waals surface area contributed by atoms with Crippen LogP contribution in [0.5, 0.6) is 11.5 Å². The van der Waals surface area contributed by atoms with Gasteiger partial charge in [-0.2, -0.15) is 0 Å². The highest BCUT2D eigenvalue weighted by Crippen LogP contribution is 2.37. The van der Waals surface area contributed by atoms with Gasteiger partial charge in [-0.3, -0.25) is 9.69 Å². The largest absolute Gasteiger partial charge is 0.493 e. The molecule has 0 aliphatic carbocycles. The van der Waals surface area contributed by atoms with Gasteiger partial charge in [0.25, 0.3) is 5.91 Å². The first kappa shape index (κ1) is 19.8. The number of piperidine rings is 1. The minimum absolute atomic E-state index is 0.0757. The van der Waals surface area contributed by atoms with Gasteiger partial charge >= 0.3 is 0 Å². The van der Waals surface area contributed by atoms with Gasteiger partial charge < -0.3 is 14.8 Å². The zero-order valence-electron chi connectivity index (χ0n) is 17.3. The summed E-state index contributed by atoms with van der Waals surface area (Å²) in [7, 11) is 1.60. The number of nitrogens with one attached hydrogen (secondary N) is 1. The number of carbonyl (C=O) groups excluding carboxylic acids is 1. The fourth-order valence-electron chi connectivity index (χ4n) is 4.86. The Morgan fingerprint density at radius 1 is 1.07 bits per heavy atom. The van der Waals surface area contributed by atoms with Crippen LogP contribution in [-0.4, -0.2) is 42.6 Å². The maximum absolute atomic E-state index is 13.0. The van der Waals surface area contributed by atoms with E-state index >= 15 is 0 Å². The Kier molecular flexibility index (Phi) is 6.05. The van der Waals surface area contributed by atoms with E-state index in [0.717, 1.165) is 19.4 Å². The zero-order chi connectivity index (χ0) is 20.2. The van der Waals surface area contributed by atoms with Crippen molar-refractivity contribution in [1.82, 2.24) is 10.2 Å². The van der Waals surface area contributed by atoms with Crippen LogP contribution in [0.2, 0.25) is 0 Å². The number of rotatable bonds is 7. The topological polar surface area (TPSA) is 50.8 Å². The number of fused-ring (bicyclic) bond motifs is 2. The van der Waals surface area contributed by atoms with Crippen LogP contribution >= 0.6 is 0 Å². The van der Waals surface area contributed by atoms with E-state index in [9.17, 15) is 4.79 Å². The molecule has 2 unspecified atom stereocenters. The van der Waals surface area contributed by atoms with Crippen molar-refractivity contribution in [2.24, 2.45) is 0 Å². The molecule has 2 aromatic carbocycles. The van der Waals surface area contributed by atoms with E-state index in [0.29, 0.717) is 35.8 Å². The second-order valence-electron chi connectivity index (χ2n) is 7.95. The van der Waals surface area contributed by atoms with Gasteiger partial charge in [0.1, 0.15) is 0 Å². The van der Waals surface area contributed by atoms with E-state index in [1.54, 1.807) is 7.11 Å². The van der Waals surface area contributed by atoms with Crippen LogP contribution in [0.15, 0.2) is 48.5 Å². The van der Waals surface area contributed by atoms with Crippen LogP contribution < -0.4 is 14.8 Å². The standard InChI is InChI=1S/C24H30N2O3/c1-3-29-23-21(10-7-11-22(23)28-2)24(27)25-18-14-19-12-13-20(15-18)26(19)16-17-8-5-4-6-9-17/h4-11,18-20H,3,12-16H2,1-2H3,(H,25,27). The molecule has 2 bridgehead atoms. The van der Waals surface area contributed by atoms with E-state index < -0.39 is 0 Å². The molecule has 1 amide bonds. The zero-order valence-corrected chi connectivity index (χ0v) is 17.3. The molecule has 2 fully saturated rings. The third-order valence-electron chi connectivity index (χ3n) is 6.16. The van der Waals surface area contributed by atoms with Crippen molar-refractivity contribution < 1.29 is 14.3 Å². The Morgan fingerprint density at radius 2 is 1.79 bits per heavy atom. The van der Waals surface area contributed by atoms with E-state index in [1.807, 2.05) is 25.1 Å². The number of nitrogens with zero attached hydrogens (tertiary/aromatic N) is 1. The van der Waals surface area contributed by atoms with E-state index in [1.165, 1.54) is 18.4 Å². The Hall–Kier alpha value is -2.53. The van der Waals surface area contributed by atoms with Crippen LogP contribution in [0.4, 0.5) is 0 Å². The monoisotopic (exact) mass is 394 g/mol. The smallest absolute Gasteiger partial charge is 0.255 e. The summed E-state index contributed by atoms with van der Waals surface area (Å²) in [4.78, 5) is 15.7. The van der Waals surface area contributed by atoms with Crippen LogP contribution in [0.3, 0.4) is 0 Å². The van der Waals surface area contributed by atoms with Gasteiger partial charge in [0.15, 0.2) is 11.5 Å². The van der Waals surface area contributed by atoms with Gasteiger partial charge in [-0.25, -0.2) is 0 Å². The van der Waals surface area contributed by atoms with Gasteiger partial charge in [0, 0.05) is 24.7 Å². The Bertz CT molecular complexity index is 825. The van der Waals surface area contributed by atoms with Crippen molar-refractivity contribution in [3.63, 3.8) is 0 Å². The van der Waals surface area contributed by atoms with E-state index in [-0.39, 0.29) is 11.9 Å². The van der Waals surface area contributed by atoms with Gasteiger partial charge in [0.2, 0.25) is 0 Å². The lowest BCUT2D eigenvalue weighted by atomic mass is 9.96. The van der Waals surface area contributed by atoms with Gasteiger partial charge in [0.05, 0.1) is 19.3 Å². The highest BCUT2D eigenvalue weighted by atomic mass is 16.5. The summed E-state index contributed by atoms with van der Waals surface area (Å²) in [6.07, 6.45) is 4.44. The third kappa shape index (κ3) is 4.25. The van der Waals surface area contributed by atoms with Crippen molar-refractivity contribution in [3.8, 4) is 11.5 Å². The summed E-state index contributed by atoms with van der Waals surface area (Å²) >= 11 is 0. The average molecular weight is 395 g/mol. The minimum Gasteiger partial charge on any atom is -0.493 e. The van der Waals surface area contributed by atoms with Crippen LogP contribution in [0.1, 0.15) is 48.5 Å². The molecule has 154 valence electrons. The molecule has 2 saturated heterocycles. The van der Waals surface area contributed by atoms with Crippen molar-refractivity contribution in [2.75, 3.05) is 13.7 Å². The maximum atomic E-state index is 13.0. The van der Waals surface area contributed by atoms with Crippen LogP contribution in [0.25, 0.3) is 0 Å². The molecular formula is C24H30N2O3. The lowest BCUT2D eigenvalue weighted by molar-refractivity contribution is 0.0824. The molecule has 2 aliphatic heterocycles. The summed E-state index contributed by atoms with van der Waals surface area (Å²) in [6, 6.07) is 17.4. The number of hydrogen-bond acceptors (Lipinski definition) is 4. The van der Waals surface area contributed by atoms with Crippen LogP contribution in [-0.2, 0) is 6.54 Å². The highest BCUT2D eigenvalue weighted by molar-refractivity contribution is 5.98. The Balaban J connectivity index is 1.43. The quantitative estimate of drug-likeness (QED) is 0.771. The molecule has 2 aromatic rings. The summed E-state index contributed by atoms with van der Waals surface area (Å²) in [6.45, 7) is 3.40. The molecule has 29 heavy (non-hydrogen) atoms. The normalized spacial score (nSPS) is 23.6. The predicted molar refractivity (Wildman–Crippen MR) is 113 cm³/mol. The third-order valence-corrected chi connectivity index (χ3v) is 6.16. The van der Waals surface area contributed by atoms with Gasteiger partial charge in [-0.1, -0.05) is 36.4 Å². The second-order valence-corrected chi connectivity index (χ2v) is 7.95. The molecular weight excluding hydrogens is 364 g/mol. The Labute approximate surface area is 173 Å². The molecule has 2 atom stereocenters. The SMILES string of the molecule is CCOc1c(OC)cccc1C(=O)NC1CC2CCC(C1)N2Cc1ccccc1. The molecule has 0 saturated carbocycles. The lowest BCUT2D eigenvalue weighted by Crippen LogP contribution is -2.50. The van der Waals surface area contributed by atoms with Crippen molar-refractivity contribution in [1.29, 1.82) is 0 Å². The average Bonchev–Trinajstić information content (AvgIpc) is 2.97. The number of carbonyl (C=O) groups is 1. The van der Waals surface area contributed by atoms with Crippen molar-refractivity contribution in [2.45, 2.75) is 57.3 Å². The Morgan fingerprint density at radius 3 is 2.45 bits per heavy atom. The molecule has 5 heteroatoms. The van der Waals surface area contributed by atoms with Gasteiger partial charge in [-0.15, -0.1) is 0 Å². The lowest BCUT2D eigenvalue weighted by Gasteiger charge is -2.39. The highest BCUT2D eigenvalue weighted by Gasteiger charge is 2.41. The molecule has 0 spiro atoms. The first-order valence-electron chi connectivity index (χ1n) is 10.6. The van der Waals surface area contributed by atoms with Crippen molar-refractivity contribution in [3.05, 3.63) is 59.7 Å². The molecule has 0 aromatic heterocycles. The number of hydrogen-bond donors (Lipinski definition) is 1. The first-order chi connectivity index (χ1) is 14.2. The van der Waals surface area contributed by atoms with Crippen LogP contribution in [0, 0.1) is 0 Å². The number of methoxy groups -OCH3 is 1. The van der Waals surface area contributed by atoms with Crippen molar-refractivity contribution >= 4 is 5.91 Å². The molecule has 5 nitrogen and oxygen atoms in total. The summed E-state index contributed by atoms with van der Waals surface area (Å²) < 4.78 is 11.1. The molecule has 4 rings (SSSR count). The fraction of sp³-hybridized carbons (Fsp3) is 0.458. The summed E-state index contributed by atoms with van der Waals surface area (Å²) in [5.74, 6) is 1.05. The minimum atomic E-state index is -0.0757. The number of ether oxygens (including phenoxy) is 2. The molecule has 0 radical (unpaired) electrons. The predicted octanol–water partition coefficient (Wildman–Crippen LogP) is 4.02. The maximum Gasteiger partial charge on any atom is 0.255 e. The number of para-hydroxylation sites is 1. The van der Waals surface area contributed by atoms with E-state index in [2.05, 4.69) is 40.5 Å². The summed E-state index contributed by atoms with van der Waals surface area (Å²) in [5.41, 5.74) is 1.91. The first-order valence-corrected chi connectivity index (χ1v) is 10.6. The molecule has 1 N–H and O–H groups in total.